The number of hydrogen-bond donors (Lipinski definition) is 1. The number of amides is 1. The van der Waals surface area contributed by atoms with E-state index in [1.54, 1.807) is 6.92 Å². The predicted molar refractivity (Wildman–Crippen MR) is 38.9 cm³/mol. The lowest BCUT2D eigenvalue weighted by atomic mass is 10.4. The van der Waals surface area contributed by atoms with Gasteiger partial charge < -0.3 is 5.32 Å². The van der Waals surface area contributed by atoms with E-state index in [-0.39, 0.29) is 5.91 Å². The first kappa shape index (κ1) is 7.16. The predicted octanol–water partition coefficient (Wildman–Crippen LogP) is 0.604. The van der Waals surface area contributed by atoms with Crippen LogP contribution in [0.3, 0.4) is 0 Å². The molecular weight excluding hydrogens is 148 g/mol. The molecule has 1 aliphatic rings. The van der Waals surface area contributed by atoms with Crippen molar-refractivity contribution in [3.05, 3.63) is 10.6 Å². The lowest BCUT2D eigenvalue weighted by molar-refractivity contribution is -0.117. The molecule has 1 N–H and O–H groups in total. The van der Waals surface area contributed by atoms with Crippen LogP contribution in [0.1, 0.15) is 6.92 Å². The highest BCUT2D eigenvalue weighted by molar-refractivity contribution is 8.04. The molecule has 0 spiro atoms. The van der Waals surface area contributed by atoms with E-state index in [9.17, 15) is 4.79 Å². The molecule has 4 heteroatoms. The van der Waals surface area contributed by atoms with E-state index >= 15 is 0 Å². The number of nitrogens with zero attached hydrogens (tertiary/aromatic N) is 1. The fourth-order valence-corrected chi connectivity index (χ4v) is 1.39. The van der Waals surface area contributed by atoms with Crippen molar-refractivity contribution in [1.29, 1.82) is 5.26 Å². The van der Waals surface area contributed by atoms with Gasteiger partial charge in [0.25, 0.3) is 0 Å². The van der Waals surface area contributed by atoms with Crippen LogP contribution in [-0.4, -0.2) is 11.7 Å². The van der Waals surface area contributed by atoms with E-state index in [1.165, 1.54) is 11.8 Å². The minimum atomic E-state index is -0.0189. The van der Waals surface area contributed by atoms with Gasteiger partial charge in [0, 0.05) is 0 Å². The van der Waals surface area contributed by atoms with Gasteiger partial charge in [-0.25, -0.2) is 0 Å². The first-order valence-electron chi connectivity index (χ1n) is 2.77. The highest BCUT2D eigenvalue weighted by Crippen LogP contribution is 2.21. The summed E-state index contributed by atoms with van der Waals surface area (Å²) in [4.78, 5) is 10.6. The van der Waals surface area contributed by atoms with Gasteiger partial charge in [0.2, 0.25) is 5.91 Å². The fourth-order valence-electron chi connectivity index (χ4n) is 0.589. The standard InChI is InChI=1S/C6H6N2OS/c1-4(2-7)6-8-5(9)3-10-6/h3H2,1H3,(H,8,9). The molecular formula is C6H6N2OS. The minimum absolute atomic E-state index is 0.0189. The summed E-state index contributed by atoms with van der Waals surface area (Å²) < 4.78 is 0. The number of carbonyl (C=O) groups excluding carboxylic acids is 1. The van der Waals surface area contributed by atoms with Crippen LogP contribution in [0, 0.1) is 11.3 Å². The van der Waals surface area contributed by atoms with E-state index < -0.39 is 0 Å². The minimum Gasteiger partial charge on any atom is -0.319 e. The Bertz CT molecular complexity index is 239. The van der Waals surface area contributed by atoms with E-state index in [4.69, 9.17) is 5.26 Å². The van der Waals surface area contributed by atoms with Crippen molar-refractivity contribution < 1.29 is 4.79 Å². The van der Waals surface area contributed by atoms with Crippen LogP contribution in [0.4, 0.5) is 0 Å². The Hall–Kier alpha value is -0.950. The molecule has 1 amide bonds. The summed E-state index contributed by atoms with van der Waals surface area (Å²) in [7, 11) is 0. The molecule has 0 aliphatic carbocycles. The second-order valence-electron chi connectivity index (χ2n) is 1.90. The summed E-state index contributed by atoms with van der Waals surface area (Å²) in [5, 5.41) is 11.7. The van der Waals surface area contributed by atoms with E-state index in [2.05, 4.69) is 5.32 Å². The van der Waals surface area contributed by atoms with Crippen LogP contribution in [0.2, 0.25) is 0 Å². The molecule has 0 bridgehead atoms. The molecule has 0 atom stereocenters. The number of nitrogens with one attached hydrogen (secondary N) is 1. The summed E-state index contributed by atoms with van der Waals surface area (Å²) in [6.45, 7) is 1.69. The molecule has 1 aliphatic heterocycles. The zero-order valence-corrected chi connectivity index (χ0v) is 6.29. The SMILES string of the molecule is CC(C#N)=C1NC(=O)CS1. The maximum atomic E-state index is 10.6. The topological polar surface area (TPSA) is 52.9 Å². The lowest BCUT2D eigenvalue weighted by Gasteiger charge is -1.93. The fraction of sp³-hybridized carbons (Fsp3) is 0.333. The molecule has 0 aromatic heterocycles. The number of rotatable bonds is 0. The molecule has 0 aromatic rings. The Morgan fingerprint density at radius 2 is 2.60 bits per heavy atom. The van der Waals surface area contributed by atoms with Crippen molar-refractivity contribution in [2.45, 2.75) is 6.92 Å². The van der Waals surface area contributed by atoms with Crippen molar-refractivity contribution in [3.63, 3.8) is 0 Å². The summed E-state index contributed by atoms with van der Waals surface area (Å²) in [6, 6.07) is 1.97. The number of carbonyl (C=O) groups is 1. The third-order valence-corrected chi connectivity index (χ3v) is 2.21. The Morgan fingerprint density at radius 1 is 1.90 bits per heavy atom. The van der Waals surface area contributed by atoms with Crippen LogP contribution in [0.25, 0.3) is 0 Å². The molecule has 0 unspecified atom stereocenters. The molecule has 0 aromatic carbocycles. The third kappa shape index (κ3) is 1.31. The molecule has 1 saturated heterocycles. The first-order chi connectivity index (χ1) is 4.74. The van der Waals surface area contributed by atoms with E-state index in [0.29, 0.717) is 16.4 Å². The molecule has 3 nitrogen and oxygen atoms in total. The number of nitriles is 1. The largest absolute Gasteiger partial charge is 0.319 e. The lowest BCUT2D eigenvalue weighted by Crippen LogP contribution is -2.14. The van der Waals surface area contributed by atoms with Gasteiger partial charge in [0.1, 0.15) is 0 Å². The molecule has 0 radical (unpaired) electrons. The Morgan fingerprint density at radius 3 is 3.00 bits per heavy atom. The second-order valence-corrected chi connectivity index (χ2v) is 2.89. The quantitative estimate of drug-likeness (QED) is 0.520. The van der Waals surface area contributed by atoms with E-state index in [1.807, 2.05) is 6.07 Å². The van der Waals surface area contributed by atoms with Gasteiger partial charge >= 0.3 is 0 Å². The molecule has 10 heavy (non-hydrogen) atoms. The van der Waals surface area contributed by atoms with Gasteiger partial charge in [-0.3, -0.25) is 4.79 Å². The highest BCUT2D eigenvalue weighted by Gasteiger charge is 2.16. The Kier molecular flexibility index (Phi) is 1.97. The number of allylic oxidation sites excluding steroid dienone is 1. The number of thioether (sulfide) groups is 1. The second kappa shape index (κ2) is 2.76. The van der Waals surface area contributed by atoms with Gasteiger partial charge in [0.15, 0.2) is 0 Å². The zero-order chi connectivity index (χ0) is 7.56. The van der Waals surface area contributed by atoms with Gasteiger partial charge in [-0.1, -0.05) is 11.8 Å². The van der Waals surface area contributed by atoms with E-state index in [0.717, 1.165) is 0 Å². The van der Waals surface area contributed by atoms with Crippen LogP contribution in [-0.2, 0) is 4.79 Å². The molecule has 1 rings (SSSR count). The highest BCUT2D eigenvalue weighted by atomic mass is 32.2. The summed E-state index contributed by atoms with van der Waals surface area (Å²) in [5.41, 5.74) is 0.579. The van der Waals surface area contributed by atoms with Gasteiger partial charge in [-0.05, 0) is 6.92 Å². The van der Waals surface area contributed by atoms with Crippen molar-refractivity contribution in [1.82, 2.24) is 5.32 Å². The van der Waals surface area contributed by atoms with Gasteiger partial charge in [-0.2, -0.15) is 5.26 Å². The molecule has 1 heterocycles. The normalized spacial score (nSPS) is 21.8. The van der Waals surface area contributed by atoms with Crippen molar-refractivity contribution in [2.75, 3.05) is 5.75 Å². The monoisotopic (exact) mass is 154 g/mol. The Balaban J connectivity index is 2.79. The maximum absolute atomic E-state index is 10.6. The van der Waals surface area contributed by atoms with Crippen LogP contribution >= 0.6 is 11.8 Å². The van der Waals surface area contributed by atoms with Crippen LogP contribution < -0.4 is 5.32 Å². The summed E-state index contributed by atoms with van der Waals surface area (Å²) in [6.07, 6.45) is 0. The van der Waals surface area contributed by atoms with Gasteiger partial charge in [-0.15, -0.1) is 0 Å². The smallest absolute Gasteiger partial charge is 0.235 e. The van der Waals surface area contributed by atoms with Crippen molar-refractivity contribution in [3.8, 4) is 6.07 Å². The van der Waals surface area contributed by atoms with Gasteiger partial charge in [0.05, 0.1) is 22.4 Å². The average Bonchev–Trinajstić information content (AvgIpc) is 2.34. The Labute approximate surface area is 63.1 Å². The number of hydrogen-bond acceptors (Lipinski definition) is 3. The first-order valence-corrected chi connectivity index (χ1v) is 3.76. The van der Waals surface area contributed by atoms with Crippen LogP contribution in [0.5, 0.6) is 0 Å². The summed E-state index contributed by atoms with van der Waals surface area (Å²) >= 11 is 1.38. The molecule has 0 saturated carbocycles. The molecule has 1 fully saturated rings. The van der Waals surface area contributed by atoms with Crippen LogP contribution in [0.15, 0.2) is 10.6 Å². The van der Waals surface area contributed by atoms with Crippen molar-refractivity contribution >= 4 is 17.7 Å². The zero-order valence-electron chi connectivity index (χ0n) is 5.47. The molecule has 52 valence electrons. The van der Waals surface area contributed by atoms with Crippen molar-refractivity contribution in [2.24, 2.45) is 0 Å². The maximum Gasteiger partial charge on any atom is 0.235 e. The third-order valence-electron chi connectivity index (χ3n) is 1.11. The summed E-state index contributed by atoms with van der Waals surface area (Å²) in [5.74, 6) is 0.420. The average molecular weight is 154 g/mol.